The number of sulfonamides is 1. The first kappa shape index (κ1) is 20.7. The quantitative estimate of drug-likeness (QED) is 0.560. The van der Waals surface area contributed by atoms with Crippen LogP contribution in [0.3, 0.4) is 0 Å². The Morgan fingerprint density at radius 3 is 2.33 bits per heavy atom. The predicted octanol–water partition coefficient (Wildman–Crippen LogP) is 2.84. The minimum absolute atomic E-state index is 0.0861. The summed E-state index contributed by atoms with van der Waals surface area (Å²) >= 11 is 0. The average Bonchev–Trinajstić information content (AvgIpc) is 2.66. The number of benzene rings is 2. The number of carbonyl (C=O) groups is 1. The van der Waals surface area contributed by atoms with Crippen LogP contribution in [-0.4, -0.2) is 26.5 Å². The van der Waals surface area contributed by atoms with Gasteiger partial charge in [-0.1, -0.05) is 60.9 Å². The lowest BCUT2D eigenvalue weighted by molar-refractivity contribution is -0.148. The van der Waals surface area contributed by atoms with Gasteiger partial charge in [-0.05, 0) is 37.5 Å². The molecule has 0 aromatic heterocycles. The maximum absolute atomic E-state index is 12.7. The van der Waals surface area contributed by atoms with Gasteiger partial charge >= 0.3 is 5.97 Å². The molecule has 2 rings (SSSR count). The topological polar surface area (TPSA) is 72.5 Å². The lowest BCUT2D eigenvalue weighted by Crippen LogP contribution is -2.44. The zero-order chi connectivity index (χ0) is 19.9. The fourth-order valence-electron chi connectivity index (χ4n) is 2.45. The number of terminal acetylenes is 1. The highest BCUT2D eigenvalue weighted by molar-refractivity contribution is 7.89. The van der Waals surface area contributed by atoms with E-state index in [4.69, 9.17) is 11.2 Å². The summed E-state index contributed by atoms with van der Waals surface area (Å²) in [5, 5.41) is 0. The Bertz CT molecular complexity index is 899. The molecule has 0 aliphatic heterocycles. The highest BCUT2D eigenvalue weighted by atomic mass is 32.2. The van der Waals surface area contributed by atoms with Crippen molar-refractivity contribution in [2.75, 3.05) is 0 Å². The van der Waals surface area contributed by atoms with E-state index in [1.165, 1.54) is 12.1 Å². The second-order valence-electron chi connectivity index (χ2n) is 6.18. The third-order valence-electron chi connectivity index (χ3n) is 4.01. The average molecular weight is 385 g/mol. The van der Waals surface area contributed by atoms with Crippen molar-refractivity contribution < 1.29 is 17.9 Å². The van der Waals surface area contributed by atoms with Gasteiger partial charge in [0.15, 0.2) is 6.10 Å². The summed E-state index contributed by atoms with van der Waals surface area (Å²) in [7, 11) is -3.89. The van der Waals surface area contributed by atoms with Crippen LogP contribution in [0.2, 0.25) is 0 Å². The van der Waals surface area contributed by atoms with Gasteiger partial charge in [0.05, 0.1) is 4.90 Å². The third-order valence-corrected chi connectivity index (χ3v) is 5.50. The van der Waals surface area contributed by atoms with E-state index in [-0.39, 0.29) is 11.3 Å². The molecule has 0 unspecified atom stereocenters. The van der Waals surface area contributed by atoms with Crippen LogP contribution in [0.4, 0.5) is 0 Å². The Morgan fingerprint density at radius 1 is 1.15 bits per heavy atom. The van der Waals surface area contributed by atoms with Crippen LogP contribution in [0.5, 0.6) is 0 Å². The summed E-state index contributed by atoms with van der Waals surface area (Å²) in [6.07, 6.45) is 5.26. The molecule has 5 nitrogen and oxygen atoms in total. The van der Waals surface area contributed by atoms with Gasteiger partial charge in [-0.2, -0.15) is 4.72 Å². The summed E-state index contributed by atoms with van der Waals surface area (Å²) in [6, 6.07) is 14.4. The molecule has 1 N–H and O–H groups in total. The van der Waals surface area contributed by atoms with Crippen LogP contribution >= 0.6 is 0 Å². The van der Waals surface area contributed by atoms with Gasteiger partial charge in [0.25, 0.3) is 0 Å². The summed E-state index contributed by atoms with van der Waals surface area (Å²) in [5.74, 6) is 1.69. The molecule has 2 aromatic rings. The number of hydrogen-bond donors (Lipinski definition) is 1. The molecule has 0 radical (unpaired) electrons. The van der Waals surface area contributed by atoms with Gasteiger partial charge in [-0.3, -0.25) is 4.79 Å². The van der Waals surface area contributed by atoms with E-state index in [1.54, 1.807) is 19.1 Å². The van der Waals surface area contributed by atoms with Crippen molar-refractivity contribution >= 4 is 16.0 Å². The van der Waals surface area contributed by atoms with E-state index in [1.807, 2.05) is 37.3 Å². The van der Waals surface area contributed by atoms with Crippen molar-refractivity contribution in [2.45, 2.75) is 43.7 Å². The van der Waals surface area contributed by atoms with Gasteiger partial charge in [0.2, 0.25) is 10.0 Å². The Morgan fingerprint density at radius 2 is 1.78 bits per heavy atom. The molecular weight excluding hydrogens is 362 g/mol. The van der Waals surface area contributed by atoms with E-state index >= 15 is 0 Å². The summed E-state index contributed by atoms with van der Waals surface area (Å²) in [4.78, 5) is 12.7. The van der Waals surface area contributed by atoms with E-state index in [2.05, 4.69) is 10.6 Å². The first-order valence-electron chi connectivity index (χ1n) is 8.65. The zero-order valence-electron chi connectivity index (χ0n) is 15.4. The molecule has 0 aliphatic rings. The first-order valence-corrected chi connectivity index (χ1v) is 10.1. The molecule has 0 bridgehead atoms. The zero-order valence-corrected chi connectivity index (χ0v) is 16.2. The molecule has 27 heavy (non-hydrogen) atoms. The van der Waals surface area contributed by atoms with Gasteiger partial charge < -0.3 is 4.74 Å². The van der Waals surface area contributed by atoms with Gasteiger partial charge in [-0.15, -0.1) is 6.42 Å². The first-order chi connectivity index (χ1) is 12.9. The molecule has 2 atom stereocenters. The molecule has 0 spiro atoms. The molecule has 0 heterocycles. The maximum atomic E-state index is 12.7. The van der Waals surface area contributed by atoms with Crippen LogP contribution in [-0.2, 0) is 26.0 Å². The fourth-order valence-corrected chi connectivity index (χ4v) is 3.64. The SMILES string of the molecule is C#C[C@H](CC)OC(=O)[C@H](Cc1ccccc1)NS(=O)(=O)c1ccc(C)cc1. The second-order valence-corrected chi connectivity index (χ2v) is 7.89. The highest BCUT2D eigenvalue weighted by Gasteiger charge is 2.28. The van der Waals surface area contributed by atoms with Crippen molar-refractivity contribution in [1.82, 2.24) is 4.72 Å². The van der Waals surface area contributed by atoms with Crippen molar-refractivity contribution in [2.24, 2.45) is 0 Å². The molecule has 142 valence electrons. The van der Waals surface area contributed by atoms with Crippen LogP contribution in [0, 0.1) is 19.3 Å². The summed E-state index contributed by atoms with van der Waals surface area (Å²) in [5.41, 5.74) is 1.74. The van der Waals surface area contributed by atoms with Gasteiger partial charge in [0.1, 0.15) is 6.04 Å². The Hall–Kier alpha value is -2.62. The molecule has 0 aliphatic carbocycles. The number of hydrogen-bond acceptors (Lipinski definition) is 4. The number of nitrogens with one attached hydrogen (secondary N) is 1. The fraction of sp³-hybridized carbons (Fsp3) is 0.286. The van der Waals surface area contributed by atoms with Crippen molar-refractivity contribution in [3.05, 3.63) is 65.7 Å². The van der Waals surface area contributed by atoms with Gasteiger partial charge in [-0.25, -0.2) is 8.42 Å². The van der Waals surface area contributed by atoms with Crippen molar-refractivity contribution in [3.8, 4) is 12.3 Å². The lowest BCUT2D eigenvalue weighted by Gasteiger charge is -2.20. The summed E-state index contributed by atoms with van der Waals surface area (Å²) < 4.78 is 33.2. The molecule has 0 saturated heterocycles. The highest BCUT2D eigenvalue weighted by Crippen LogP contribution is 2.14. The normalized spacial score (nSPS) is 13.4. The van der Waals surface area contributed by atoms with Crippen molar-refractivity contribution in [3.63, 3.8) is 0 Å². The number of esters is 1. The number of aryl methyl sites for hydroxylation is 1. The van der Waals surface area contributed by atoms with E-state index in [0.29, 0.717) is 6.42 Å². The minimum Gasteiger partial charge on any atom is -0.448 e. The molecule has 0 amide bonds. The van der Waals surface area contributed by atoms with Gasteiger partial charge in [0, 0.05) is 0 Å². The van der Waals surface area contributed by atoms with Crippen LogP contribution < -0.4 is 4.72 Å². The Kier molecular flexibility index (Phi) is 7.17. The Balaban J connectivity index is 2.26. The van der Waals surface area contributed by atoms with Crippen LogP contribution in [0.25, 0.3) is 0 Å². The standard InChI is InChI=1S/C21H23NO4S/c1-4-18(5-2)26-21(23)20(15-17-9-7-6-8-10-17)22-27(24,25)19-13-11-16(3)12-14-19/h1,6-14,18,20,22H,5,15H2,2-3H3/t18-,20+/m1/s1. The smallest absolute Gasteiger partial charge is 0.325 e. The third kappa shape index (κ3) is 5.95. The predicted molar refractivity (Wildman–Crippen MR) is 104 cm³/mol. The van der Waals surface area contributed by atoms with E-state index < -0.39 is 28.1 Å². The van der Waals surface area contributed by atoms with Crippen molar-refractivity contribution in [1.29, 1.82) is 0 Å². The molecule has 6 heteroatoms. The largest absolute Gasteiger partial charge is 0.448 e. The molecular formula is C21H23NO4S. The number of carbonyl (C=O) groups excluding carboxylic acids is 1. The lowest BCUT2D eigenvalue weighted by atomic mass is 10.1. The maximum Gasteiger partial charge on any atom is 0.325 e. The van der Waals surface area contributed by atoms with Crippen LogP contribution in [0.1, 0.15) is 24.5 Å². The molecule has 2 aromatic carbocycles. The molecule has 0 saturated carbocycles. The number of ether oxygens (including phenoxy) is 1. The minimum atomic E-state index is -3.89. The monoisotopic (exact) mass is 385 g/mol. The van der Waals surface area contributed by atoms with E-state index in [0.717, 1.165) is 11.1 Å². The second kappa shape index (κ2) is 9.36. The van der Waals surface area contributed by atoms with E-state index in [9.17, 15) is 13.2 Å². The molecule has 0 fully saturated rings. The number of rotatable bonds is 8. The Labute approximate surface area is 160 Å². The summed E-state index contributed by atoms with van der Waals surface area (Å²) in [6.45, 7) is 3.66. The van der Waals surface area contributed by atoms with Crippen LogP contribution in [0.15, 0.2) is 59.5 Å².